The maximum Gasteiger partial charge on any atom is 0.234 e. The first-order valence-electron chi connectivity index (χ1n) is 4.90. The number of nitrogens with two attached hydrogens (primary N) is 2. The standard InChI is InChI=1S/C9H21N3O/c1-3-6-12(7-5-10)8(4-2)9(11)13/h8H,3-7,10H2,1-2H3,(H2,11,13). The van der Waals surface area contributed by atoms with Gasteiger partial charge in [-0.05, 0) is 19.4 Å². The average molecular weight is 187 g/mol. The van der Waals surface area contributed by atoms with Crippen molar-refractivity contribution in [2.75, 3.05) is 19.6 Å². The van der Waals surface area contributed by atoms with Gasteiger partial charge in [0.25, 0.3) is 0 Å². The second-order valence-electron chi connectivity index (χ2n) is 3.15. The minimum atomic E-state index is -0.246. The van der Waals surface area contributed by atoms with E-state index >= 15 is 0 Å². The number of primary amides is 1. The lowest BCUT2D eigenvalue weighted by Crippen LogP contribution is -2.46. The fraction of sp³-hybridized carbons (Fsp3) is 0.889. The van der Waals surface area contributed by atoms with E-state index < -0.39 is 0 Å². The van der Waals surface area contributed by atoms with E-state index in [1.807, 2.05) is 6.92 Å². The van der Waals surface area contributed by atoms with Crippen LogP contribution in [-0.4, -0.2) is 36.5 Å². The molecule has 13 heavy (non-hydrogen) atoms. The molecule has 0 fully saturated rings. The predicted octanol–water partition coefficient (Wildman–Crippen LogP) is -0.0790. The third kappa shape index (κ3) is 4.24. The smallest absolute Gasteiger partial charge is 0.234 e. The molecule has 0 rings (SSSR count). The van der Waals surface area contributed by atoms with E-state index in [9.17, 15) is 4.79 Å². The summed E-state index contributed by atoms with van der Waals surface area (Å²) in [5.74, 6) is -0.246. The molecule has 0 aromatic carbocycles. The van der Waals surface area contributed by atoms with Crippen LogP contribution in [0.4, 0.5) is 0 Å². The van der Waals surface area contributed by atoms with E-state index in [0.717, 1.165) is 25.9 Å². The van der Waals surface area contributed by atoms with Crippen molar-refractivity contribution in [3.8, 4) is 0 Å². The fourth-order valence-corrected chi connectivity index (χ4v) is 1.52. The summed E-state index contributed by atoms with van der Waals surface area (Å²) < 4.78 is 0. The molecule has 0 radical (unpaired) electrons. The second-order valence-corrected chi connectivity index (χ2v) is 3.15. The van der Waals surface area contributed by atoms with E-state index in [1.54, 1.807) is 0 Å². The number of hydrogen-bond acceptors (Lipinski definition) is 3. The van der Waals surface area contributed by atoms with Gasteiger partial charge in [0.15, 0.2) is 0 Å². The molecule has 0 aromatic heterocycles. The summed E-state index contributed by atoms with van der Waals surface area (Å²) in [5, 5.41) is 0. The zero-order valence-corrected chi connectivity index (χ0v) is 8.62. The first-order chi connectivity index (χ1) is 6.17. The lowest BCUT2D eigenvalue weighted by molar-refractivity contribution is -0.123. The van der Waals surface area contributed by atoms with Crippen molar-refractivity contribution >= 4 is 5.91 Å². The quantitative estimate of drug-likeness (QED) is 0.585. The van der Waals surface area contributed by atoms with E-state index in [-0.39, 0.29) is 11.9 Å². The largest absolute Gasteiger partial charge is 0.368 e. The molecule has 4 heteroatoms. The summed E-state index contributed by atoms with van der Waals surface area (Å²) in [5.41, 5.74) is 10.7. The number of carbonyl (C=O) groups excluding carboxylic acids is 1. The molecule has 0 saturated heterocycles. The van der Waals surface area contributed by atoms with Crippen molar-refractivity contribution in [2.24, 2.45) is 11.5 Å². The lowest BCUT2D eigenvalue weighted by atomic mass is 10.1. The van der Waals surface area contributed by atoms with Crippen LogP contribution < -0.4 is 11.5 Å². The van der Waals surface area contributed by atoms with Gasteiger partial charge >= 0.3 is 0 Å². The summed E-state index contributed by atoms with van der Waals surface area (Å²) in [7, 11) is 0. The van der Waals surface area contributed by atoms with E-state index in [0.29, 0.717) is 6.54 Å². The van der Waals surface area contributed by atoms with E-state index in [2.05, 4.69) is 11.8 Å². The van der Waals surface area contributed by atoms with Crippen LogP contribution in [0, 0.1) is 0 Å². The van der Waals surface area contributed by atoms with Crippen molar-refractivity contribution in [3.63, 3.8) is 0 Å². The SMILES string of the molecule is CCCN(CCN)C(CC)C(N)=O. The minimum absolute atomic E-state index is 0.150. The van der Waals surface area contributed by atoms with Crippen molar-refractivity contribution in [3.05, 3.63) is 0 Å². The predicted molar refractivity (Wildman–Crippen MR) is 54.2 cm³/mol. The number of amides is 1. The first-order valence-corrected chi connectivity index (χ1v) is 4.90. The van der Waals surface area contributed by atoms with Gasteiger partial charge in [0.05, 0.1) is 6.04 Å². The van der Waals surface area contributed by atoms with Crippen LogP contribution in [0.1, 0.15) is 26.7 Å². The first kappa shape index (κ1) is 12.4. The Kier molecular flexibility index (Phi) is 6.54. The highest BCUT2D eigenvalue weighted by atomic mass is 16.1. The van der Waals surface area contributed by atoms with Crippen LogP contribution in [0.5, 0.6) is 0 Å². The summed E-state index contributed by atoms with van der Waals surface area (Å²) >= 11 is 0. The summed E-state index contributed by atoms with van der Waals surface area (Å²) in [6.07, 6.45) is 1.78. The van der Waals surface area contributed by atoms with Gasteiger partial charge in [-0.15, -0.1) is 0 Å². The van der Waals surface area contributed by atoms with Crippen LogP contribution in [0.25, 0.3) is 0 Å². The Balaban J connectivity index is 4.20. The van der Waals surface area contributed by atoms with Crippen LogP contribution in [0.15, 0.2) is 0 Å². The molecule has 0 aliphatic carbocycles. The number of rotatable bonds is 7. The Morgan fingerprint density at radius 1 is 1.38 bits per heavy atom. The van der Waals surface area contributed by atoms with Crippen molar-refractivity contribution < 1.29 is 4.79 Å². The molecule has 1 amide bonds. The monoisotopic (exact) mass is 187 g/mol. The molecule has 0 aromatic rings. The highest BCUT2D eigenvalue weighted by Crippen LogP contribution is 2.03. The molecule has 0 aliphatic heterocycles. The number of hydrogen-bond donors (Lipinski definition) is 2. The summed E-state index contributed by atoms with van der Waals surface area (Å²) in [4.78, 5) is 13.1. The minimum Gasteiger partial charge on any atom is -0.368 e. The van der Waals surface area contributed by atoms with Gasteiger partial charge in [-0.1, -0.05) is 13.8 Å². The third-order valence-corrected chi connectivity index (χ3v) is 2.08. The van der Waals surface area contributed by atoms with E-state index in [4.69, 9.17) is 11.5 Å². The molecule has 4 nitrogen and oxygen atoms in total. The third-order valence-electron chi connectivity index (χ3n) is 2.08. The molecule has 1 atom stereocenters. The molecule has 4 N–H and O–H groups in total. The molecule has 0 bridgehead atoms. The van der Waals surface area contributed by atoms with E-state index in [1.165, 1.54) is 0 Å². The van der Waals surface area contributed by atoms with Crippen LogP contribution in [0.2, 0.25) is 0 Å². The average Bonchev–Trinajstić information content (AvgIpc) is 2.05. The number of carbonyl (C=O) groups is 1. The Hall–Kier alpha value is -0.610. The van der Waals surface area contributed by atoms with Crippen LogP contribution in [-0.2, 0) is 4.79 Å². The van der Waals surface area contributed by atoms with Crippen molar-refractivity contribution in [2.45, 2.75) is 32.7 Å². The second kappa shape index (κ2) is 6.86. The fourth-order valence-electron chi connectivity index (χ4n) is 1.52. The maximum atomic E-state index is 11.1. The van der Waals surface area contributed by atoms with Crippen LogP contribution >= 0.6 is 0 Å². The van der Waals surface area contributed by atoms with Gasteiger partial charge < -0.3 is 11.5 Å². The summed E-state index contributed by atoms with van der Waals surface area (Å²) in [6, 6.07) is -0.150. The molecule has 0 aliphatic rings. The van der Waals surface area contributed by atoms with Crippen LogP contribution in [0.3, 0.4) is 0 Å². The van der Waals surface area contributed by atoms with Gasteiger partial charge in [-0.3, -0.25) is 9.69 Å². The Morgan fingerprint density at radius 2 is 2.00 bits per heavy atom. The van der Waals surface area contributed by atoms with Gasteiger partial charge in [-0.25, -0.2) is 0 Å². The normalized spacial score (nSPS) is 13.2. The molecule has 0 saturated carbocycles. The Bertz CT molecular complexity index is 144. The zero-order valence-electron chi connectivity index (χ0n) is 8.62. The van der Waals surface area contributed by atoms with Crippen molar-refractivity contribution in [1.29, 1.82) is 0 Å². The van der Waals surface area contributed by atoms with Gasteiger partial charge in [0.1, 0.15) is 0 Å². The van der Waals surface area contributed by atoms with Gasteiger partial charge in [-0.2, -0.15) is 0 Å². The lowest BCUT2D eigenvalue weighted by Gasteiger charge is -2.27. The Labute approximate surface area is 80.3 Å². The molecular formula is C9H21N3O. The molecule has 78 valence electrons. The zero-order chi connectivity index (χ0) is 10.3. The topological polar surface area (TPSA) is 72.3 Å². The Morgan fingerprint density at radius 3 is 2.31 bits per heavy atom. The molecule has 0 spiro atoms. The molecule has 0 heterocycles. The van der Waals surface area contributed by atoms with Crippen molar-refractivity contribution in [1.82, 2.24) is 4.90 Å². The molecule has 1 unspecified atom stereocenters. The maximum absolute atomic E-state index is 11.1. The number of nitrogens with zero attached hydrogens (tertiary/aromatic N) is 1. The van der Waals surface area contributed by atoms with Gasteiger partial charge in [0, 0.05) is 13.1 Å². The molecular weight excluding hydrogens is 166 g/mol. The highest BCUT2D eigenvalue weighted by molar-refractivity contribution is 5.79. The summed E-state index contributed by atoms with van der Waals surface area (Å²) in [6.45, 7) is 6.25. The highest BCUT2D eigenvalue weighted by Gasteiger charge is 2.19. The van der Waals surface area contributed by atoms with Gasteiger partial charge in [0.2, 0.25) is 5.91 Å².